The number of carbonyl (C=O) groups is 2. The summed E-state index contributed by atoms with van der Waals surface area (Å²) in [4.78, 5) is 26.2. The summed E-state index contributed by atoms with van der Waals surface area (Å²) in [7, 11) is 0. The van der Waals surface area contributed by atoms with Gasteiger partial charge in [-0.15, -0.1) is 0 Å². The minimum Gasteiger partial charge on any atom is -0.481 e. The number of aliphatic carboxylic acids is 1. The normalized spacial score (nSPS) is 25.7. The maximum atomic E-state index is 12.8. The summed E-state index contributed by atoms with van der Waals surface area (Å²) in [6, 6.07) is 9.70. The summed E-state index contributed by atoms with van der Waals surface area (Å²) in [6.45, 7) is 0.919. The van der Waals surface area contributed by atoms with Crippen molar-refractivity contribution in [3.05, 3.63) is 35.9 Å². The van der Waals surface area contributed by atoms with Gasteiger partial charge >= 0.3 is 12.0 Å². The molecule has 2 aliphatic rings. The highest BCUT2D eigenvalue weighted by Gasteiger charge is 2.55. The molecule has 1 heterocycles. The number of aliphatic hydroxyl groups excluding tert-OH is 1. The molecule has 0 aromatic heterocycles. The third-order valence-corrected chi connectivity index (χ3v) is 5.95. The van der Waals surface area contributed by atoms with Gasteiger partial charge in [0.15, 0.2) is 0 Å². The van der Waals surface area contributed by atoms with Crippen LogP contribution in [0.4, 0.5) is 4.79 Å². The van der Waals surface area contributed by atoms with Crippen LogP contribution in [-0.2, 0) is 11.2 Å². The van der Waals surface area contributed by atoms with E-state index in [2.05, 4.69) is 5.32 Å². The Bertz CT molecular complexity index is 636. The molecule has 2 amide bonds. The zero-order chi connectivity index (χ0) is 18.6. The summed E-state index contributed by atoms with van der Waals surface area (Å²) in [5.74, 6) is -0.702. The average molecular weight is 360 g/mol. The second-order valence-electron chi connectivity index (χ2n) is 7.63. The molecule has 6 nitrogen and oxygen atoms in total. The van der Waals surface area contributed by atoms with Gasteiger partial charge < -0.3 is 20.4 Å². The van der Waals surface area contributed by atoms with Gasteiger partial charge in [-0.2, -0.15) is 0 Å². The predicted molar refractivity (Wildman–Crippen MR) is 97.8 cm³/mol. The van der Waals surface area contributed by atoms with Gasteiger partial charge in [0.25, 0.3) is 0 Å². The van der Waals surface area contributed by atoms with E-state index in [1.807, 2.05) is 30.3 Å². The largest absolute Gasteiger partial charge is 0.481 e. The molecule has 2 fully saturated rings. The highest BCUT2D eigenvalue weighted by Crippen LogP contribution is 2.48. The maximum absolute atomic E-state index is 12.8. The van der Waals surface area contributed by atoms with Crippen molar-refractivity contribution in [3.8, 4) is 0 Å². The van der Waals surface area contributed by atoms with E-state index in [9.17, 15) is 14.7 Å². The minimum atomic E-state index is -0.767. The molecule has 1 aliphatic heterocycles. The van der Waals surface area contributed by atoms with E-state index in [1.165, 1.54) is 0 Å². The van der Waals surface area contributed by atoms with E-state index in [-0.39, 0.29) is 24.6 Å². The zero-order valence-corrected chi connectivity index (χ0v) is 15.1. The quantitative estimate of drug-likeness (QED) is 0.696. The Kier molecular flexibility index (Phi) is 5.81. The number of urea groups is 1. The molecule has 1 saturated heterocycles. The van der Waals surface area contributed by atoms with Gasteiger partial charge in [0.2, 0.25) is 0 Å². The van der Waals surface area contributed by atoms with Crippen LogP contribution in [0, 0.1) is 11.3 Å². The molecule has 0 spiro atoms. The van der Waals surface area contributed by atoms with Crippen molar-refractivity contribution < 1.29 is 19.8 Å². The molecule has 1 aliphatic carbocycles. The van der Waals surface area contributed by atoms with Gasteiger partial charge in [-0.1, -0.05) is 36.8 Å². The van der Waals surface area contributed by atoms with Gasteiger partial charge in [-0.05, 0) is 43.6 Å². The van der Waals surface area contributed by atoms with Crippen LogP contribution in [0.2, 0.25) is 0 Å². The van der Waals surface area contributed by atoms with E-state index in [1.54, 1.807) is 4.90 Å². The van der Waals surface area contributed by atoms with Gasteiger partial charge in [-0.25, -0.2) is 4.79 Å². The Morgan fingerprint density at radius 1 is 1.31 bits per heavy atom. The van der Waals surface area contributed by atoms with E-state index >= 15 is 0 Å². The molecule has 1 aromatic rings. The fourth-order valence-corrected chi connectivity index (χ4v) is 4.52. The Hall–Kier alpha value is -2.08. The first kappa shape index (κ1) is 18.7. The first-order chi connectivity index (χ1) is 12.5. The van der Waals surface area contributed by atoms with Crippen LogP contribution in [0.15, 0.2) is 30.3 Å². The lowest BCUT2D eigenvalue weighted by molar-refractivity contribution is -0.149. The molecule has 6 heteroatoms. The number of carboxylic acid groups (broad SMARTS) is 1. The maximum Gasteiger partial charge on any atom is 0.317 e. The first-order valence-corrected chi connectivity index (χ1v) is 9.49. The standard InChI is InChI=1S/C20H28N2O4/c23-11-5-9-17(12-15-6-2-1-3-7-15)21-19(26)22-13-16-8-4-10-20(16,14-22)18(24)25/h1-3,6-7,16-17,23H,4-5,8-14H2,(H,21,26)(H,24,25)/t16-,17?,20+/m0/s1. The molecule has 3 N–H and O–H groups in total. The number of fused-ring (bicyclic) bond motifs is 1. The van der Waals surface area contributed by atoms with Crippen molar-refractivity contribution in [2.24, 2.45) is 11.3 Å². The molecular weight excluding hydrogens is 332 g/mol. The lowest BCUT2D eigenvalue weighted by Gasteiger charge is -2.25. The number of hydrogen-bond acceptors (Lipinski definition) is 3. The Morgan fingerprint density at radius 2 is 2.08 bits per heavy atom. The van der Waals surface area contributed by atoms with Crippen LogP contribution in [0.5, 0.6) is 0 Å². The first-order valence-electron chi connectivity index (χ1n) is 9.49. The fourth-order valence-electron chi connectivity index (χ4n) is 4.52. The van der Waals surface area contributed by atoms with Crippen LogP contribution in [0.25, 0.3) is 0 Å². The van der Waals surface area contributed by atoms with E-state index < -0.39 is 11.4 Å². The molecule has 1 saturated carbocycles. The number of amides is 2. The summed E-state index contributed by atoms with van der Waals surface area (Å²) in [6.07, 6.45) is 4.49. The number of benzene rings is 1. The third kappa shape index (κ3) is 3.85. The molecule has 0 radical (unpaired) electrons. The SMILES string of the molecule is O=C(NC(CCCO)Cc1ccccc1)N1C[C@@H]2CCC[C@@]2(C(=O)O)C1. The van der Waals surface area contributed by atoms with Crippen molar-refractivity contribution in [3.63, 3.8) is 0 Å². The lowest BCUT2D eigenvalue weighted by Crippen LogP contribution is -2.46. The number of nitrogens with zero attached hydrogens (tertiary/aromatic N) is 1. The predicted octanol–water partition coefficient (Wildman–Crippen LogP) is 2.27. The fraction of sp³-hybridized carbons (Fsp3) is 0.600. The number of hydrogen-bond donors (Lipinski definition) is 3. The molecule has 26 heavy (non-hydrogen) atoms. The van der Waals surface area contributed by atoms with Gasteiger partial charge in [0.05, 0.1) is 5.41 Å². The second kappa shape index (κ2) is 8.08. The zero-order valence-electron chi connectivity index (χ0n) is 15.1. The van der Waals surface area contributed by atoms with Crippen LogP contribution in [0.1, 0.15) is 37.7 Å². The van der Waals surface area contributed by atoms with Crippen LogP contribution in [-0.4, -0.2) is 52.9 Å². The highest BCUT2D eigenvalue weighted by atomic mass is 16.4. The minimum absolute atomic E-state index is 0.0655. The van der Waals surface area contributed by atoms with Gasteiger partial charge in [0.1, 0.15) is 0 Å². The molecule has 142 valence electrons. The van der Waals surface area contributed by atoms with Crippen molar-refractivity contribution in [2.45, 2.75) is 44.6 Å². The van der Waals surface area contributed by atoms with Crippen LogP contribution >= 0.6 is 0 Å². The van der Waals surface area contributed by atoms with Crippen LogP contribution in [0.3, 0.4) is 0 Å². The molecular formula is C20H28N2O4. The molecule has 1 aromatic carbocycles. The van der Waals surface area contributed by atoms with Gasteiger partial charge in [0, 0.05) is 25.7 Å². The molecule has 1 unspecified atom stereocenters. The smallest absolute Gasteiger partial charge is 0.317 e. The van der Waals surface area contributed by atoms with E-state index in [0.29, 0.717) is 38.8 Å². The Balaban J connectivity index is 1.63. The van der Waals surface area contributed by atoms with Crippen molar-refractivity contribution >= 4 is 12.0 Å². The number of carboxylic acids is 1. The van der Waals surface area contributed by atoms with E-state index in [4.69, 9.17) is 5.11 Å². The Labute approximate surface area is 154 Å². The summed E-state index contributed by atoms with van der Waals surface area (Å²) in [5, 5.41) is 21.9. The van der Waals surface area contributed by atoms with Crippen molar-refractivity contribution in [2.75, 3.05) is 19.7 Å². The highest BCUT2D eigenvalue weighted by molar-refractivity contribution is 5.80. The molecule has 0 bridgehead atoms. The summed E-state index contributed by atoms with van der Waals surface area (Å²) in [5.41, 5.74) is 0.383. The lowest BCUT2D eigenvalue weighted by atomic mass is 9.81. The molecule has 3 atom stereocenters. The average Bonchev–Trinajstić information content (AvgIpc) is 3.19. The number of carbonyl (C=O) groups excluding carboxylic acids is 1. The topological polar surface area (TPSA) is 89.9 Å². The summed E-state index contributed by atoms with van der Waals surface area (Å²) >= 11 is 0. The van der Waals surface area contributed by atoms with Crippen molar-refractivity contribution in [1.29, 1.82) is 0 Å². The number of rotatable bonds is 7. The number of aliphatic hydroxyl groups is 1. The van der Waals surface area contributed by atoms with Crippen molar-refractivity contribution in [1.82, 2.24) is 10.2 Å². The Morgan fingerprint density at radius 3 is 2.73 bits per heavy atom. The second-order valence-corrected chi connectivity index (χ2v) is 7.63. The summed E-state index contributed by atoms with van der Waals surface area (Å²) < 4.78 is 0. The van der Waals surface area contributed by atoms with Gasteiger partial charge in [-0.3, -0.25) is 4.79 Å². The molecule has 3 rings (SSSR count). The van der Waals surface area contributed by atoms with Crippen LogP contribution < -0.4 is 5.32 Å². The third-order valence-electron chi connectivity index (χ3n) is 5.95. The number of likely N-dealkylation sites (tertiary alicyclic amines) is 1. The monoisotopic (exact) mass is 360 g/mol. The van der Waals surface area contributed by atoms with E-state index in [0.717, 1.165) is 18.4 Å². The number of nitrogens with one attached hydrogen (secondary N) is 1.